The van der Waals surface area contributed by atoms with Crippen molar-refractivity contribution in [2.75, 3.05) is 24.8 Å². The molecule has 0 bridgehead atoms. The minimum absolute atomic E-state index is 0.0454. The van der Waals surface area contributed by atoms with E-state index in [-0.39, 0.29) is 29.6 Å². The van der Waals surface area contributed by atoms with E-state index in [0.717, 1.165) is 6.26 Å². The van der Waals surface area contributed by atoms with Gasteiger partial charge in [0.1, 0.15) is 0 Å². The first kappa shape index (κ1) is 22.0. The lowest BCUT2D eigenvalue weighted by Crippen LogP contribution is -2.20. The first-order valence-corrected chi connectivity index (χ1v) is 11.2. The van der Waals surface area contributed by atoms with Crippen LogP contribution in [0.3, 0.4) is 0 Å². The second-order valence-corrected chi connectivity index (χ2v) is 8.49. The molecule has 0 radical (unpaired) electrons. The lowest BCUT2D eigenvalue weighted by atomic mass is 10.3. The van der Waals surface area contributed by atoms with Crippen molar-refractivity contribution in [1.82, 2.24) is 9.78 Å². The number of carbonyl (C=O) groups excluding carboxylic acids is 2. The Morgan fingerprint density at radius 1 is 1.06 bits per heavy atom. The van der Waals surface area contributed by atoms with E-state index in [2.05, 4.69) is 10.4 Å². The highest BCUT2D eigenvalue weighted by Gasteiger charge is 2.21. The third-order valence-corrected chi connectivity index (χ3v) is 5.22. The molecule has 9 nitrogen and oxygen atoms in total. The molecule has 0 aliphatic heterocycles. The van der Waals surface area contributed by atoms with Gasteiger partial charge in [0.2, 0.25) is 5.69 Å². The Kier molecular flexibility index (Phi) is 6.71. The van der Waals surface area contributed by atoms with Crippen molar-refractivity contribution in [1.29, 1.82) is 0 Å². The smallest absolute Gasteiger partial charge is 0.362 e. The van der Waals surface area contributed by atoms with Crippen LogP contribution in [0.4, 0.5) is 5.69 Å². The summed E-state index contributed by atoms with van der Waals surface area (Å²) in [4.78, 5) is 24.6. The monoisotopic (exact) mass is 443 g/mol. The first-order chi connectivity index (χ1) is 14.8. The van der Waals surface area contributed by atoms with Crippen LogP contribution in [0, 0.1) is 0 Å². The molecular formula is C21H21N3O6S. The molecule has 0 saturated heterocycles. The Morgan fingerprint density at radius 2 is 1.74 bits per heavy atom. The number of aromatic nitrogens is 2. The zero-order valence-corrected chi connectivity index (χ0v) is 17.8. The number of anilines is 1. The Morgan fingerprint density at radius 3 is 2.35 bits per heavy atom. The Labute approximate surface area is 179 Å². The Hall–Kier alpha value is -3.66. The SMILES string of the molecule is CCOC(=O)c1nn(-c2ccccc2)cc1OCC(=O)Nc1ccc(S(C)(=O)=O)cc1. The maximum absolute atomic E-state index is 12.3. The quantitative estimate of drug-likeness (QED) is 0.532. The molecule has 162 valence electrons. The molecule has 1 amide bonds. The highest BCUT2D eigenvalue weighted by Crippen LogP contribution is 2.21. The Bertz CT molecular complexity index is 1170. The lowest BCUT2D eigenvalue weighted by Gasteiger charge is -2.08. The van der Waals surface area contributed by atoms with E-state index in [1.807, 2.05) is 18.2 Å². The zero-order chi connectivity index (χ0) is 22.4. The van der Waals surface area contributed by atoms with Gasteiger partial charge in [-0.25, -0.2) is 17.9 Å². The Balaban J connectivity index is 1.71. The van der Waals surface area contributed by atoms with Crippen molar-refractivity contribution in [3.63, 3.8) is 0 Å². The van der Waals surface area contributed by atoms with E-state index in [4.69, 9.17) is 9.47 Å². The maximum Gasteiger partial charge on any atom is 0.362 e. The molecule has 3 aromatic rings. The van der Waals surface area contributed by atoms with Gasteiger partial charge in [-0.3, -0.25) is 4.79 Å². The molecule has 1 N–H and O–H groups in total. The molecular weight excluding hydrogens is 422 g/mol. The molecule has 0 atom stereocenters. The summed E-state index contributed by atoms with van der Waals surface area (Å²) in [6.45, 7) is 1.45. The van der Waals surface area contributed by atoms with Crippen LogP contribution in [-0.2, 0) is 19.4 Å². The fraction of sp³-hybridized carbons (Fsp3) is 0.190. The number of nitrogens with one attached hydrogen (secondary N) is 1. The zero-order valence-electron chi connectivity index (χ0n) is 16.9. The van der Waals surface area contributed by atoms with Gasteiger partial charge in [-0.05, 0) is 43.3 Å². The van der Waals surface area contributed by atoms with Crippen LogP contribution in [-0.4, -0.2) is 49.5 Å². The second-order valence-electron chi connectivity index (χ2n) is 6.48. The normalized spacial score (nSPS) is 11.0. The molecule has 0 aliphatic carbocycles. The summed E-state index contributed by atoms with van der Waals surface area (Å²) in [5, 5.41) is 6.82. The van der Waals surface area contributed by atoms with Gasteiger partial charge < -0.3 is 14.8 Å². The van der Waals surface area contributed by atoms with E-state index in [9.17, 15) is 18.0 Å². The topological polar surface area (TPSA) is 117 Å². The number of ether oxygens (including phenoxy) is 2. The van der Waals surface area contributed by atoms with Gasteiger partial charge in [-0.1, -0.05) is 18.2 Å². The van der Waals surface area contributed by atoms with E-state index in [0.29, 0.717) is 11.4 Å². The van der Waals surface area contributed by atoms with E-state index in [1.165, 1.54) is 35.1 Å². The standard InChI is InChI=1S/C21H21N3O6S/c1-3-29-21(26)20-18(13-24(23-20)16-7-5-4-6-8-16)30-14-19(25)22-15-9-11-17(12-10-15)31(2,27)28/h4-13H,3,14H2,1-2H3,(H,22,25). The number of sulfone groups is 1. The van der Waals surface area contributed by atoms with Crippen molar-refractivity contribution in [3.8, 4) is 11.4 Å². The van der Waals surface area contributed by atoms with E-state index >= 15 is 0 Å². The van der Waals surface area contributed by atoms with Gasteiger partial charge >= 0.3 is 5.97 Å². The minimum atomic E-state index is -3.32. The van der Waals surface area contributed by atoms with Gasteiger partial charge in [0.15, 0.2) is 22.2 Å². The van der Waals surface area contributed by atoms with Gasteiger partial charge in [0, 0.05) is 11.9 Å². The van der Waals surface area contributed by atoms with Crippen LogP contribution in [0.5, 0.6) is 5.75 Å². The number of hydrogen-bond donors (Lipinski definition) is 1. The van der Waals surface area contributed by atoms with Crippen LogP contribution in [0.25, 0.3) is 5.69 Å². The van der Waals surface area contributed by atoms with Crippen molar-refractivity contribution >= 4 is 27.4 Å². The summed E-state index contributed by atoms with van der Waals surface area (Å²) in [5.41, 5.74) is 1.07. The third kappa shape index (κ3) is 5.70. The van der Waals surface area contributed by atoms with Crippen LogP contribution in [0.2, 0.25) is 0 Å². The number of para-hydroxylation sites is 1. The third-order valence-electron chi connectivity index (χ3n) is 4.10. The van der Waals surface area contributed by atoms with Gasteiger partial charge in [0.25, 0.3) is 5.91 Å². The van der Waals surface area contributed by atoms with Gasteiger partial charge in [-0.15, -0.1) is 0 Å². The summed E-state index contributed by atoms with van der Waals surface area (Å²) >= 11 is 0. The molecule has 0 unspecified atom stereocenters. The van der Waals surface area contributed by atoms with Crippen LogP contribution >= 0.6 is 0 Å². The number of hydrogen-bond acceptors (Lipinski definition) is 7. The van der Waals surface area contributed by atoms with Crippen LogP contribution in [0.15, 0.2) is 65.7 Å². The number of carbonyl (C=O) groups is 2. The average Bonchev–Trinajstić information content (AvgIpc) is 3.17. The highest BCUT2D eigenvalue weighted by molar-refractivity contribution is 7.90. The number of benzene rings is 2. The lowest BCUT2D eigenvalue weighted by molar-refractivity contribution is -0.118. The van der Waals surface area contributed by atoms with E-state index in [1.54, 1.807) is 19.1 Å². The molecule has 3 rings (SSSR count). The van der Waals surface area contributed by atoms with Crippen LogP contribution < -0.4 is 10.1 Å². The summed E-state index contributed by atoms with van der Waals surface area (Å²) in [7, 11) is -3.32. The van der Waals surface area contributed by atoms with Crippen molar-refractivity contribution in [3.05, 3.63) is 66.5 Å². The summed E-state index contributed by atoms with van der Waals surface area (Å²) < 4.78 is 35.0. The molecule has 10 heteroatoms. The van der Waals surface area contributed by atoms with Crippen molar-refractivity contribution in [2.45, 2.75) is 11.8 Å². The highest BCUT2D eigenvalue weighted by atomic mass is 32.2. The molecule has 0 aliphatic rings. The molecule has 1 heterocycles. The fourth-order valence-corrected chi connectivity index (χ4v) is 3.27. The van der Waals surface area contributed by atoms with Gasteiger partial charge in [-0.2, -0.15) is 5.10 Å². The fourth-order valence-electron chi connectivity index (χ4n) is 2.64. The van der Waals surface area contributed by atoms with Gasteiger partial charge in [0.05, 0.1) is 23.4 Å². The number of esters is 1. The predicted octanol–water partition coefficient (Wildman–Crippen LogP) is 2.47. The summed E-state index contributed by atoms with van der Waals surface area (Å²) in [5.74, 6) is -1.05. The summed E-state index contributed by atoms with van der Waals surface area (Å²) in [6, 6.07) is 14.9. The van der Waals surface area contributed by atoms with Crippen LogP contribution in [0.1, 0.15) is 17.4 Å². The predicted molar refractivity (Wildman–Crippen MR) is 113 cm³/mol. The first-order valence-electron chi connectivity index (χ1n) is 9.33. The van der Waals surface area contributed by atoms with Crippen molar-refractivity contribution < 1.29 is 27.5 Å². The largest absolute Gasteiger partial charge is 0.480 e. The molecule has 31 heavy (non-hydrogen) atoms. The number of rotatable bonds is 8. The number of nitrogens with zero attached hydrogens (tertiary/aromatic N) is 2. The molecule has 0 saturated carbocycles. The average molecular weight is 443 g/mol. The maximum atomic E-state index is 12.3. The van der Waals surface area contributed by atoms with E-state index < -0.39 is 21.7 Å². The van der Waals surface area contributed by atoms with Crippen molar-refractivity contribution in [2.24, 2.45) is 0 Å². The minimum Gasteiger partial charge on any atom is -0.480 e. The second kappa shape index (κ2) is 9.43. The molecule has 0 spiro atoms. The molecule has 2 aromatic carbocycles. The number of amides is 1. The summed E-state index contributed by atoms with van der Waals surface area (Å²) in [6.07, 6.45) is 2.60. The molecule has 1 aromatic heterocycles. The molecule has 0 fully saturated rings.